The summed E-state index contributed by atoms with van der Waals surface area (Å²) in [7, 11) is 2.01. The molecule has 1 aromatic carbocycles. The fourth-order valence-corrected chi connectivity index (χ4v) is 3.29. The van der Waals surface area contributed by atoms with Crippen LogP contribution in [0.25, 0.3) is 0 Å². The van der Waals surface area contributed by atoms with Crippen molar-refractivity contribution < 1.29 is 5.11 Å². The third-order valence-electron chi connectivity index (χ3n) is 3.39. The minimum atomic E-state index is 0.0636. The summed E-state index contributed by atoms with van der Waals surface area (Å²) in [5, 5.41) is 12.3. The largest absolute Gasteiger partial charge is 0.395 e. The molecule has 20 heavy (non-hydrogen) atoms. The third-order valence-corrected chi connectivity index (χ3v) is 4.34. The maximum Gasteiger partial charge on any atom is 0.115 e. The number of aromatic nitrogens is 1. The van der Waals surface area contributed by atoms with E-state index in [-0.39, 0.29) is 12.6 Å². The number of nitrogens with two attached hydrogens (primary N) is 1. The average Bonchev–Trinajstić information content (AvgIpc) is 2.90. The highest BCUT2D eigenvalue weighted by molar-refractivity contribution is 7.09. The quantitative estimate of drug-likeness (QED) is 0.853. The Morgan fingerprint density at radius 1 is 1.40 bits per heavy atom. The summed E-state index contributed by atoms with van der Waals surface area (Å²) in [6.07, 6.45) is 0. The molecule has 3 N–H and O–H groups in total. The molecule has 0 fully saturated rings. The van der Waals surface area contributed by atoms with Gasteiger partial charge in [0.1, 0.15) is 5.01 Å². The van der Waals surface area contributed by atoms with Crippen molar-refractivity contribution >= 4 is 11.3 Å². The minimum absolute atomic E-state index is 0.0636. The van der Waals surface area contributed by atoms with Gasteiger partial charge in [-0.25, -0.2) is 4.98 Å². The molecule has 0 saturated carbocycles. The molecule has 0 radical (unpaired) electrons. The average molecular weight is 291 g/mol. The topological polar surface area (TPSA) is 62.4 Å². The van der Waals surface area contributed by atoms with Gasteiger partial charge in [-0.05, 0) is 25.1 Å². The van der Waals surface area contributed by atoms with Gasteiger partial charge < -0.3 is 10.8 Å². The maximum absolute atomic E-state index is 9.22. The van der Waals surface area contributed by atoms with Crippen LogP contribution in [0.3, 0.4) is 0 Å². The molecule has 0 bridgehead atoms. The number of benzene rings is 1. The molecule has 0 amide bonds. The predicted octanol–water partition coefficient (Wildman–Crippen LogP) is 1.92. The standard InChI is InChI=1S/C15H21N3OS/c1-11-5-3-4-6-13(11)14(18(2)7-8-19)15-17-12(9-16)10-20-15/h3-6,10,14,19H,7-9,16H2,1-2H3. The van der Waals surface area contributed by atoms with Crippen molar-refractivity contribution in [2.75, 3.05) is 20.2 Å². The van der Waals surface area contributed by atoms with Crippen molar-refractivity contribution in [3.63, 3.8) is 0 Å². The third kappa shape index (κ3) is 3.24. The number of thiazole rings is 1. The Labute approximate surface area is 123 Å². The van der Waals surface area contributed by atoms with Gasteiger partial charge >= 0.3 is 0 Å². The van der Waals surface area contributed by atoms with Gasteiger partial charge in [-0.15, -0.1) is 11.3 Å². The van der Waals surface area contributed by atoms with Gasteiger partial charge in [-0.1, -0.05) is 24.3 Å². The first-order valence-corrected chi connectivity index (χ1v) is 7.56. The van der Waals surface area contributed by atoms with Gasteiger partial charge in [0.05, 0.1) is 18.3 Å². The van der Waals surface area contributed by atoms with Crippen LogP contribution in [0.1, 0.15) is 27.9 Å². The van der Waals surface area contributed by atoms with E-state index in [2.05, 4.69) is 28.9 Å². The van der Waals surface area contributed by atoms with E-state index >= 15 is 0 Å². The molecule has 5 heteroatoms. The monoisotopic (exact) mass is 291 g/mol. The fraction of sp³-hybridized carbons (Fsp3) is 0.400. The highest BCUT2D eigenvalue weighted by Gasteiger charge is 2.23. The number of aliphatic hydroxyl groups excluding tert-OH is 1. The van der Waals surface area contributed by atoms with Gasteiger partial charge in [0.2, 0.25) is 0 Å². The summed E-state index contributed by atoms with van der Waals surface area (Å²) in [6, 6.07) is 8.37. The molecule has 0 aliphatic heterocycles. The smallest absolute Gasteiger partial charge is 0.115 e. The molecule has 2 rings (SSSR count). The van der Waals surface area contributed by atoms with Crippen LogP contribution >= 0.6 is 11.3 Å². The second kappa shape index (κ2) is 6.95. The summed E-state index contributed by atoms with van der Waals surface area (Å²) >= 11 is 1.63. The zero-order chi connectivity index (χ0) is 14.5. The molecule has 108 valence electrons. The van der Waals surface area contributed by atoms with E-state index in [0.29, 0.717) is 13.1 Å². The molecule has 1 aromatic heterocycles. The van der Waals surface area contributed by atoms with Crippen LogP contribution in [0.4, 0.5) is 0 Å². The zero-order valence-corrected chi connectivity index (χ0v) is 12.7. The zero-order valence-electron chi connectivity index (χ0n) is 11.9. The SMILES string of the molecule is Cc1ccccc1C(c1nc(CN)cs1)N(C)CCO. The van der Waals surface area contributed by atoms with Gasteiger partial charge in [-0.3, -0.25) is 4.90 Å². The van der Waals surface area contributed by atoms with E-state index in [1.807, 2.05) is 24.6 Å². The van der Waals surface area contributed by atoms with Crippen LogP contribution < -0.4 is 5.73 Å². The lowest BCUT2D eigenvalue weighted by atomic mass is 10.0. The van der Waals surface area contributed by atoms with Crippen LogP contribution in [0.5, 0.6) is 0 Å². The van der Waals surface area contributed by atoms with Crippen LogP contribution in [0.15, 0.2) is 29.6 Å². The van der Waals surface area contributed by atoms with Crippen molar-refractivity contribution in [2.45, 2.75) is 19.5 Å². The number of likely N-dealkylation sites (N-methyl/N-ethyl adjacent to an activating group) is 1. The van der Waals surface area contributed by atoms with Crippen molar-refractivity contribution in [1.29, 1.82) is 0 Å². The van der Waals surface area contributed by atoms with E-state index in [0.717, 1.165) is 10.7 Å². The number of aliphatic hydroxyl groups is 1. The molecule has 0 aliphatic rings. The first-order valence-electron chi connectivity index (χ1n) is 6.68. The Kier molecular flexibility index (Phi) is 5.25. The Bertz CT molecular complexity index is 556. The van der Waals surface area contributed by atoms with Gasteiger partial charge in [0, 0.05) is 18.5 Å². The number of nitrogens with zero attached hydrogens (tertiary/aromatic N) is 2. The van der Waals surface area contributed by atoms with Crippen molar-refractivity contribution in [1.82, 2.24) is 9.88 Å². The Hall–Kier alpha value is -1.27. The van der Waals surface area contributed by atoms with Crippen molar-refractivity contribution in [3.8, 4) is 0 Å². The van der Waals surface area contributed by atoms with E-state index in [1.54, 1.807) is 11.3 Å². The molecule has 1 unspecified atom stereocenters. The van der Waals surface area contributed by atoms with E-state index in [9.17, 15) is 5.11 Å². The lowest BCUT2D eigenvalue weighted by molar-refractivity contribution is 0.196. The molecular weight excluding hydrogens is 270 g/mol. The molecule has 0 aliphatic carbocycles. The number of aryl methyl sites for hydroxylation is 1. The van der Waals surface area contributed by atoms with Crippen LogP contribution in [0.2, 0.25) is 0 Å². The highest BCUT2D eigenvalue weighted by Crippen LogP contribution is 2.31. The summed E-state index contributed by atoms with van der Waals surface area (Å²) in [5.74, 6) is 0. The molecular formula is C15H21N3OS. The molecule has 2 aromatic rings. The minimum Gasteiger partial charge on any atom is -0.395 e. The van der Waals surface area contributed by atoms with Crippen molar-refractivity contribution in [2.24, 2.45) is 5.73 Å². The number of hydrogen-bond donors (Lipinski definition) is 2. The lowest BCUT2D eigenvalue weighted by Crippen LogP contribution is -2.29. The predicted molar refractivity (Wildman–Crippen MR) is 82.7 cm³/mol. The molecule has 1 heterocycles. The Morgan fingerprint density at radius 3 is 2.75 bits per heavy atom. The molecule has 4 nitrogen and oxygen atoms in total. The molecule has 1 atom stereocenters. The lowest BCUT2D eigenvalue weighted by Gasteiger charge is -2.27. The van der Waals surface area contributed by atoms with E-state index in [1.165, 1.54) is 11.1 Å². The number of rotatable bonds is 6. The highest BCUT2D eigenvalue weighted by atomic mass is 32.1. The normalized spacial score (nSPS) is 12.8. The summed E-state index contributed by atoms with van der Waals surface area (Å²) in [6.45, 7) is 3.30. The Balaban J connectivity index is 2.41. The van der Waals surface area contributed by atoms with Crippen LogP contribution in [0, 0.1) is 6.92 Å². The Morgan fingerprint density at radius 2 is 2.15 bits per heavy atom. The first-order chi connectivity index (χ1) is 9.67. The summed E-state index contributed by atoms with van der Waals surface area (Å²) in [4.78, 5) is 6.75. The second-order valence-electron chi connectivity index (χ2n) is 4.84. The van der Waals surface area contributed by atoms with Gasteiger partial charge in [-0.2, -0.15) is 0 Å². The van der Waals surface area contributed by atoms with E-state index < -0.39 is 0 Å². The second-order valence-corrected chi connectivity index (χ2v) is 5.73. The van der Waals surface area contributed by atoms with Crippen LogP contribution in [-0.2, 0) is 6.54 Å². The number of hydrogen-bond acceptors (Lipinski definition) is 5. The van der Waals surface area contributed by atoms with Crippen LogP contribution in [-0.4, -0.2) is 35.2 Å². The first kappa shape index (κ1) is 15.1. The van der Waals surface area contributed by atoms with E-state index in [4.69, 9.17) is 5.73 Å². The maximum atomic E-state index is 9.22. The summed E-state index contributed by atoms with van der Waals surface area (Å²) in [5.41, 5.74) is 9.03. The molecule has 0 saturated heterocycles. The summed E-state index contributed by atoms with van der Waals surface area (Å²) < 4.78 is 0. The van der Waals surface area contributed by atoms with Gasteiger partial charge in [0.25, 0.3) is 0 Å². The van der Waals surface area contributed by atoms with Gasteiger partial charge in [0.15, 0.2) is 0 Å². The molecule has 0 spiro atoms. The fourth-order valence-electron chi connectivity index (χ4n) is 2.28. The van der Waals surface area contributed by atoms with Crippen molar-refractivity contribution in [3.05, 3.63) is 51.5 Å².